The molecular weight excluding hydrogens is 350 g/mol. The van der Waals surface area contributed by atoms with Gasteiger partial charge in [0, 0.05) is 25.6 Å². The van der Waals surface area contributed by atoms with Crippen molar-refractivity contribution in [2.75, 3.05) is 12.3 Å². The Bertz CT molecular complexity index is 981. The molecule has 0 unspecified atom stereocenters. The highest BCUT2D eigenvalue weighted by Crippen LogP contribution is 2.11. The molecular formula is C19H21N3O3S. The normalized spacial score (nSPS) is 11.5. The second-order valence-corrected chi connectivity index (χ2v) is 8.11. The summed E-state index contributed by atoms with van der Waals surface area (Å²) in [6.45, 7) is 0.492. The average molecular weight is 371 g/mol. The second-order valence-electron chi connectivity index (χ2n) is 6.01. The molecule has 3 rings (SSSR count). The van der Waals surface area contributed by atoms with Crippen molar-refractivity contribution in [2.45, 2.75) is 24.2 Å². The molecule has 3 aromatic rings. The van der Waals surface area contributed by atoms with Crippen LogP contribution in [0.15, 0.2) is 65.8 Å². The van der Waals surface area contributed by atoms with Gasteiger partial charge in [0.2, 0.25) is 5.91 Å². The van der Waals surface area contributed by atoms with E-state index in [0.29, 0.717) is 6.54 Å². The number of hydrogen-bond donors (Lipinski definition) is 1. The summed E-state index contributed by atoms with van der Waals surface area (Å²) in [6.07, 6.45) is 5.22. The molecule has 0 aliphatic carbocycles. The van der Waals surface area contributed by atoms with E-state index >= 15 is 0 Å². The lowest BCUT2D eigenvalue weighted by Gasteiger charge is -2.06. The van der Waals surface area contributed by atoms with E-state index in [9.17, 15) is 13.2 Å². The zero-order valence-corrected chi connectivity index (χ0v) is 15.2. The summed E-state index contributed by atoms with van der Waals surface area (Å²) in [6, 6.07) is 14.1. The van der Waals surface area contributed by atoms with Gasteiger partial charge in [0.1, 0.15) is 5.82 Å². The van der Waals surface area contributed by atoms with Crippen molar-refractivity contribution in [1.29, 1.82) is 0 Å². The van der Waals surface area contributed by atoms with Crippen LogP contribution in [0.5, 0.6) is 0 Å². The van der Waals surface area contributed by atoms with Gasteiger partial charge in [-0.3, -0.25) is 4.79 Å². The number of fused-ring (bicyclic) bond motifs is 1. The fraction of sp³-hybridized carbons (Fsp3) is 0.263. The predicted octanol–water partition coefficient (Wildman–Crippen LogP) is 2.25. The zero-order chi connectivity index (χ0) is 18.4. The van der Waals surface area contributed by atoms with Gasteiger partial charge in [-0.05, 0) is 30.7 Å². The van der Waals surface area contributed by atoms with Crippen LogP contribution >= 0.6 is 0 Å². The lowest BCUT2D eigenvalue weighted by Crippen LogP contribution is -2.27. The van der Waals surface area contributed by atoms with Crippen LogP contribution in [0, 0.1) is 0 Å². The molecule has 1 N–H and O–H groups in total. The molecule has 0 saturated heterocycles. The number of carbonyl (C=O) groups excluding carboxylic acids is 1. The van der Waals surface area contributed by atoms with Crippen LogP contribution in [0.2, 0.25) is 0 Å². The molecule has 7 heteroatoms. The molecule has 136 valence electrons. The molecule has 1 aromatic carbocycles. The minimum absolute atomic E-state index is 0.0382. The highest BCUT2D eigenvalue weighted by molar-refractivity contribution is 7.91. The fourth-order valence-corrected chi connectivity index (χ4v) is 3.98. The lowest BCUT2D eigenvalue weighted by molar-refractivity contribution is -0.120. The number of nitrogens with one attached hydrogen (secondary N) is 1. The first kappa shape index (κ1) is 18.1. The van der Waals surface area contributed by atoms with Crippen LogP contribution in [0.1, 0.15) is 18.7 Å². The Morgan fingerprint density at radius 2 is 1.85 bits per heavy atom. The van der Waals surface area contributed by atoms with E-state index in [1.165, 1.54) is 0 Å². The molecule has 2 heterocycles. The minimum Gasteiger partial charge on any atom is -0.356 e. The molecule has 0 spiro atoms. The fourth-order valence-electron chi connectivity index (χ4n) is 2.72. The first-order valence-electron chi connectivity index (χ1n) is 8.52. The van der Waals surface area contributed by atoms with Crippen LogP contribution in [0.4, 0.5) is 0 Å². The molecule has 0 bridgehead atoms. The maximum Gasteiger partial charge on any atom is 0.221 e. The summed E-state index contributed by atoms with van der Waals surface area (Å²) in [5.41, 5.74) is 1.04. The average Bonchev–Trinajstić information content (AvgIpc) is 3.08. The number of aryl methyl sites for hydroxylation is 1. The molecule has 0 aliphatic heterocycles. The molecule has 26 heavy (non-hydrogen) atoms. The van der Waals surface area contributed by atoms with E-state index in [0.717, 1.165) is 24.2 Å². The molecule has 1 amide bonds. The molecule has 0 fully saturated rings. The zero-order valence-electron chi connectivity index (χ0n) is 14.3. The van der Waals surface area contributed by atoms with E-state index in [1.807, 2.05) is 35.0 Å². The standard InChI is InChI=1S/C19H21N3O3S/c23-19(11-14-26(24,25)17-8-2-1-3-9-17)20-12-6-10-18-21-15-16-7-4-5-13-22(16)18/h1-5,7-9,13,15H,6,10-12,14H2,(H,20,23). The molecule has 2 aromatic heterocycles. The number of rotatable bonds is 8. The third-order valence-corrected chi connectivity index (χ3v) is 5.85. The van der Waals surface area contributed by atoms with Gasteiger partial charge >= 0.3 is 0 Å². The summed E-state index contributed by atoms with van der Waals surface area (Å²) in [7, 11) is -3.42. The van der Waals surface area contributed by atoms with Gasteiger partial charge in [-0.1, -0.05) is 24.3 Å². The van der Waals surface area contributed by atoms with Gasteiger partial charge in [-0.2, -0.15) is 0 Å². The number of nitrogens with zero attached hydrogens (tertiary/aromatic N) is 2. The predicted molar refractivity (Wildman–Crippen MR) is 99.6 cm³/mol. The van der Waals surface area contributed by atoms with Crippen LogP contribution in [0.3, 0.4) is 0 Å². The maximum absolute atomic E-state index is 12.2. The third-order valence-electron chi connectivity index (χ3n) is 4.11. The molecule has 0 atom stereocenters. The second kappa shape index (κ2) is 8.14. The summed E-state index contributed by atoms with van der Waals surface area (Å²) in [5, 5.41) is 2.78. The summed E-state index contributed by atoms with van der Waals surface area (Å²) < 4.78 is 26.3. The number of aromatic nitrogens is 2. The van der Waals surface area contributed by atoms with Crippen molar-refractivity contribution in [1.82, 2.24) is 14.7 Å². The minimum atomic E-state index is -3.42. The van der Waals surface area contributed by atoms with Crippen LogP contribution in [-0.4, -0.2) is 36.0 Å². The summed E-state index contributed by atoms with van der Waals surface area (Å²) in [5.74, 6) is 0.507. The molecule has 0 aliphatic rings. The van der Waals surface area contributed by atoms with Crippen molar-refractivity contribution in [3.63, 3.8) is 0 Å². The van der Waals surface area contributed by atoms with Crippen molar-refractivity contribution in [3.05, 3.63) is 66.7 Å². The SMILES string of the molecule is O=C(CCS(=O)(=O)c1ccccc1)NCCCc1ncc2ccccn12. The first-order chi connectivity index (χ1) is 12.6. The summed E-state index contributed by atoms with van der Waals surface area (Å²) >= 11 is 0. The number of hydrogen-bond acceptors (Lipinski definition) is 4. The van der Waals surface area contributed by atoms with Gasteiger partial charge in [0.25, 0.3) is 0 Å². The van der Waals surface area contributed by atoms with Gasteiger partial charge in [0.15, 0.2) is 9.84 Å². The molecule has 6 nitrogen and oxygen atoms in total. The Kier molecular flexibility index (Phi) is 5.68. The topological polar surface area (TPSA) is 80.5 Å². The number of imidazole rings is 1. The van der Waals surface area contributed by atoms with E-state index in [2.05, 4.69) is 10.3 Å². The van der Waals surface area contributed by atoms with Gasteiger partial charge in [0.05, 0.1) is 22.4 Å². The monoisotopic (exact) mass is 371 g/mol. The van der Waals surface area contributed by atoms with E-state index < -0.39 is 9.84 Å². The number of sulfone groups is 1. The van der Waals surface area contributed by atoms with E-state index in [1.54, 1.807) is 30.3 Å². The Balaban J connectivity index is 1.42. The number of carbonyl (C=O) groups is 1. The third kappa shape index (κ3) is 4.49. The van der Waals surface area contributed by atoms with Crippen molar-refractivity contribution >= 4 is 21.3 Å². The Morgan fingerprint density at radius 1 is 1.08 bits per heavy atom. The Hall–Kier alpha value is -2.67. The van der Waals surface area contributed by atoms with Crippen molar-refractivity contribution in [2.24, 2.45) is 0 Å². The van der Waals surface area contributed by atoms with Gasteiger partial charge in [-0.25, -0.2) is 13.4 Å². The molecule has 0 saturated carbocycles. The summed E-state index contributed by atoms with van der Waals surface area (Å²) in [4.78, 5) is 16.5. The van der Waals surface area contributed by atoms with Crippen LogP contribution in [-0.2, 0) is 21.1 Å². The number of benzene rings is 1. The van der Waals surface area contributed by atoms with Crippen molar-refractivity contribution in [3.8, 4) is 0 Å². The quantitative estimate of drug-likeness (QED) is 0.616. The maximum atomic E-state index is 12.2. The lowest BCUT2D eigenvalue weighted by atomic mass is 10.3. The smallest absolute Gasteiger partial charge is 0.221 e. The highest BCUT2D eigenvalue weighted by atomic mass is 32.2. The van der Waals surface area contributed by atoms with Gasteiger partial charge in [-0.15, -0.1) is 0 Å². The van der Waals surface area contributed by atoms with Gasteiger partial charge < -0.3 is 9.72 Å². The largest absolute Gasteiger partial charge is 0.356 e. The number of pyridine rings is 1. The highest BCUT2D eigenvalue weighted by Gasteiger charge is 2.15. The Morgan fingerprint density at radius 3 is 2.65 bits per heavy atom. The van der Waals surface area contributed by atoms with Crippen LogP contribution < -0.4 is 5.32 Å². The van der Waals surface area contributed by atoms with E-state index in [-0.39, 0.29) is 23.0 Å². The Labute approximate surface area is 152 Å². The number of amides is 1. The first-order valence-corrected chi connectivity index (χ1v) is 10.2. The van der Waals surface area contributed by atoms with E-state index in [4.69, 9.17) is 0 Å². The molecule has 0 radical (unpaired) electrons. The van der Waals surface area contributed by atoms with Crippen molar-refractivity contribution < 1.29 is 13.2 Å². The van der Waals surface area contributed by atoms with Crippen LogP contribution in [0.25, 0.3) is 5.52 Å².